The molecule has 4 heteroatoms. The summed E-state index contributed by atoms with van der Waals surface area (Å²) in [4.78, 5) is 5.18. The predicted molar refractivity (Wildman–Crippen MR) is 349 cm³/mol. The Bertz CT molecular complexity index is 3830. The van der Waals surface area contributed by atoms with E-state index in [4.69, 9.17) is 0 Å². The van der Waals surface area contributed by atoms with Gasteiger partial charge in [0.15, 0.2) is 7.28 Å². The molecule has 81 heavy (non-hydrogen) atoms. The summed E-state index contributed by atoms with van der Waals surface area (Å²) in [6.07, 6.45) is 6.98. The van der Waals surface area contributed by atoms with Crippen LogP contribution in [0.1, 0.15) is 191 Å². The van der Waals surface area contributed by atoms with Crippen molar-refractivity contribution >= 4 is 63.7 Å². The van der Waals surface area contributed by atoms with E-state index in [1.165, 1.54) is 119 Å². The molecule has 4 aliphatic carbocycles. The zero-order valence-corrected chi connectivity index (χ0v) is 51.6. The third-order valence-electron chi connectivity index (χ3n) is 21.0. The molecule has 1 aliphatic heterocycles. The van der Waals surface area contributed by atoms with Gasteiger partial charge in [-0.1, -0.05) is 180 Å². The molecule has 0 saturated carbocycles. The summed E-state index contributed by atoms with van der Waals surface area (Å²) in [5.74, 6) is 0. The van der Waals surface area contributed by atoms with Gasteiger partial charge in [0.1, 0.15) is 0 Å². The van der Waals surface area contributed by atoms with Crippen LogP contribution in [0, 0.1) is 13.8 Å². The van der Waals surface area contributed by atoms with Gasteiger partial charge in [-0.2, -0.15) is 0 Å². The summed E-state index contributed by atoms with van der Waals surface area (Å²) < 4.78 is 0. The molecule has 8 aromatic rings. The summed E-state index contributed by atoms with van der Waals surface area (Å²) in [6.45, 7) is 38.7. The van der Waals surface area contributed by atoms with Crippen molar-refractivity contribution in [3.8, 4) is 22.3 Å². The second-order valence-electron chi connectivity index (χ2n) is 29.9. The molecule has 3 nitrogen and oxygen atoms in total. The van der Waals surface area contributed by atoms with Crippen LogP contribution in [-0.4, -0.2) is 7.28 Å². The summed E-state index contributed by atoms with van der Waals surface area (Å²) in [7, 11) is 2.57. The molecule has 0 spiro atoms. The highest BCUT2D eigenvalue weighted by atomic mass is 15.2. The van der Waals surface area contributed by atoms with E-state index in [9.17, 15) is 0 Å². The first-order valence-corrected chi connectivity index (χ1v) is 30.5. The molecule has 1 N–H and O–H groups in total. The average molecular weight is 1060 g/mol. The third-order valence-corrected chi connectivity index (χ3v) is 21.0. The van der Waals surface area contributed by atoms with Crippen LogP contribution >= 0.6 is 0 Å². The number of hydrogen-bond donors (Lipinski definition) is 1. The first-order valence-electron chi connectivity index (χ1n) is 30.5. The first-order chi connectivity index (χ1) is 38.1. The van der Waals surface area contributed by atoms with Crippen LogP contribution in [0.15, 0.2) is 146 Å². The van der Waals surface area contributed by atoms with Crippen molar-refractivity contribution in [1.29, 1.82) is 0 Å². The molecular formula is C77H85BN3. The first kappa shape index (κ1) is 53.5. The van der Waals surface area contributed by atoms with Crippen molar-refractivity contribution in [3.63, 3.8) is 0 Å². The summed E-state index contributed by atoms with van der Waals surface area (Å²) in [5.41, 5.74) is 31.0. The topological polar surface area (TPSA) is 18.5 Å². The lowest BCUT2D eigenvalue weighted by atomic mass is 9.55. The van der Waals surface area contributed by atoms with Gasteiger partial charge in [-0.05, 0) is 230 Å². The number of hydrogen-bond acceptors (Lipinski definition) is 3. The van der Waals surface area contributed by atoms with E-state index < -0.39 is 0 Å². The fraction of sp³-hybridized carbons (Fsp3) is 0.377. The van der Waals surface area contributed by atoms with Gasteiger partial charge in [-0.3, -0.25) is 0 Å². The Morgan fingerprint density at radius 2 is 0.889 bits per heavy atom. The number of nitrogens with zero attached hydrogens (tertiary/aromatic N) is 2. The Morgan fingerprint density at radius 3 is 1.47 bits per heavy atom. The largest absolute Gasteiger partial charge is 0.355 e. The van der Waals surface area contributed by atoms with E-state index in [2.05, 4.69) is 279 Å². The highest BCUT2D eigenvalue weighted by Crippen LogP contribution is 2.56. The number of aryl methyl sites for hydroxylation is 2. The molecule has 8 aromatic carbocycles. The number of benzene rings is 8. The Hall–Kier alpha value is -6.78. The molecule has 0 aromatic heterocycles. The van der Waals surface area contributed by atoms with Crippen molar-refractivity contribution in [2.75, 3.05) is 15.1 Å². The number of rotatable bonds is 7. The monoisotopic (exact) mass is 1060 g/mol. The molecule has 0 unspecified atom stereocenters. The summed E-state index contributed by atoms with van der Waals surface area (Å²) >= 11 is 0. The molecule has 5 aliphatic rings. The standard InChI is InChI=1S/C77H85BN3/c1-47-21-26-50(27-22-47)80(51-28-23-48(2)24-29-51)53-40-57(56-43-55-54-19-17-18-20-58(54)77(15,16)61(55)45-67(56)79-49-25-31-59-62(39-49)73(7,8)35-33-71(59,3)4)70-69(42-53)81(52-30-32-60-63(41-52)74(9,10)36-34-72(60,5)6)68-46-65-64(44-66(68)78-70)75(11,12)37-38-76(65,13)14/h17-32,39-46,79H,33-38H2,1-16H3. The maximum absolute atomic E-state index is 4.24. The van der Waals surface area contributed by atoms with E-state index in [0.29, 0.717) is 0 Å². The maximum atomic E-state index is 4.24. The second-order valence-corrected chi connectivity index (χ2v) is 29.9. The Balaban J connectivity index is 1.15. The lowest BCUT2D eigenvalue weighted by Gasteiger charge is -2.45. The van der Waals surface area contributed by atoms with Crippen LogP contribution in [0.3, 0.4) is 0 Å². The molecular weight excluding hydrogens is 978 g/mol. The highest BCUT2D eigenvalue weighted by Gasteiger charge is 2.43. The smallest absolute Gasteiger partial charge is 0.197 e. The third kappa shape index (κ3) is 8.65. The maximum Gasteiger partial charge on any atom is 0.197 e. The second kappa shape index (κ2) is 18.1. The molecule has 0 atom stereocenters. The fourth-order valence-corrected chi connectivity index (χ4v) is 15.3. The molecule has 13 rings (SSSR count). The molecule has 0 amide bonds. The van der Waals surface area contributed by atoms with E-state index in [0.717, 1.165) is 54.1 Å². The SMILES string of the molecule is Cc1ccc(N(c2ccc(C)cc2)c2cc(-c3cc4c(cc3Nc3ccc5c(c3)C(C)(C)CCC5(C)C)C(C)(C)c3ccccc3-4)c3c(c2)N(c2ccc4c(c2)C(C)(C)CCC4(C)C)c2cc4c(cc2[B]3)C(C)(C)CCC4(C)C)cc1. The zero-order valence-electron chi connectivity index (χ0n) is 51.6. The average Bonchev–Trinajstić information content (AvgIpc) is 3.84. The van der Waals surface area contributed by atoms with Gasteiger partial charge in [0, 0.05) is 56.5 Å². The zero-order chi connectivity index (χ0) is 57.1. The Labute approximate surface area is 486 Å². The highest BCUT2D eigenvalue weighted by molar-refractivity contribution is 6.73. The van der Waals surface area contributed by atoms with Gasteiger partial charge in [-0.15, -0.1) is 0 Å². The van der Waals surface area contributed by atoms with Gasteiger partial charge in [0.25, 0.3) is 0 Å². The normalized spacial score (nSPS) is 19.3. The molecule has 0 fully saturated rings. The van der Waals surface area contributed by atoms with Crippen LogP contribution in [-0.2, 0) is 37.9 Å². The van der Waals surface area contributed by atoms with Crippen molar-refractivity contribution in [3.05, 3.63) is 201 Å². The minimum atomic E-state index is -0.200. The minimum absolute atomic E-state index is 0.0189. The van der Waals surface area contributed by atoms with E-state index in [-0.39, 0.29) is 37.9 Å². The van der Waals surface area contributed by atoms with Crippen LogP contribution in [0.25, 0.3) is 22.3 Å². The van der Waals surface area contributed by atoms with Gasteiger partial charge >= 0.3 is 0 Å². The molecule has 0 saturated heterocycles. The van der Waals surface area contributed by atoms with Crippen LogP contribution in [0.4, 0.5) is 45.5 Å². The van der Waals surface area contributed by atoms with Crippen molar-refractivity contribution < 1.29 is 0 Å². The summed E-state index contributed by atoms with van der Waals surface area (Å²) in [6, 6.07) is 57.6. The fourth-order valence-electron chi connectivity index (χ4n) is 15.3. The predicted octanol–water partition coefficient (Wildman–Crippen LogP) is 20.0. The summed E-state index contributed by atoms with van der Waals surface area (Å²) in [5, 5.41) is 4.24. The quantitative estimate of drug-likeness (QED) is 0.161. The molecule has 0 bridgehead atoms. The van der Waals surface area contributed by atoms with Crippen LogP contribution in [0.2, 0.25) is 0 Å². The number of nitrogens with one attached hydrogen (secondary N) is 1. The van der Waals surface area contributed by atoms with E-state index >= 15 is 0 Å². The van der Waals surface area contributed by atoms with Gasteiger partial charge in [-0.25, -0.2) is 0 Å². The van der Waals surface area contributed by atoms with Crippen molar-refractivity contribution in [2.45, 2.75) is 187 Å². The molecule has 1 radical (unpaired) electrons. The lowest BCUT2D eigenvalue weighted by Crippen LogP contribution is -2.44. The Morgan fingerprint density at radius 1 is 0.383 bits per heavy atom. The van der Waals surface area contributed by atoms with Gasteiger partial charge < -0.3 is 15.1 Å². The molecule has 1 heterocycles. The van der Waals surface area contributed by atoms with Crippen molar-refractivity contribution in [1.82, 2.24) is 0 Å². The van der Waals surface area contributed by atoms with Gasteiger partial charge in [0.05, 0.1) is 0 Å². The van der Waals surface area contributed by atoms with E-state index in [1.807, 2.05) is 0 Å². The minimum Gasteiger partial charge on any atom is -0.355 e. The van der Waals surface area contributed by atoms with Gasteiger partial charge in [0.2, 0.25) is 0 Å². The molecule has 411 valence electrons. The lowest BCUT2D eigenvalue weighted by molar-refractivity contribution is 0.332. The van der Waals surface area contributed by atoms with E-state index in [1.54, 1.807) is 0 Å². The van der Waals surface area contributed by atoms with Crippen LogP contribution in [0.5, 0.6) is 0 Å². The number of anilines is 8. The Kier molecular flexibility index (Phi) is 12.0. The van der Waals surface area contributed by atoms with Crippen molar-refractivity contribution in [2.24, 2.45) is 0 Å². The van der Waals surface area contributed by atoms with Crippen LogP contribution < -0.4 is 26.0 Å². The number of fused-ring (bicyclic) bond motifs is 8.